The highest BCUT2D eigenvalue weighted by atomic mass is 35.5. The number of nitrogens with two attached hydrogens (primary N) is 1. The number of carbonyl (C=O) groups is 2. The van der Waals surface area contributed by atoms with Crippen LogP contribution in [-0.2, 0) is 9.59 Å². The Balaban J connectivity index is 2.03. The third-order valence-electron chi connectivity index (χ3n) is 8.19. The summed E-state index contributed by atoms with van der Waals surface area (Å²) in [5.41, 5.74) is 7.47. The number of amides is 2. The fourth-order valence-electron chi connectivity index (χ4n) is 6.56. The first-order valence-electron chi connectivity index (χ1n) is 12.1. The van der Waals surface area contributed by atoms with Gasteiger partial charge in [0.05, 0.1) is 11.1 Å². The number of halogens is 3. The van der Waals surface area contributed by atoms with Crippen LogP contribution < -0.4 is 11.1 Å². The Hall–Kier alpha value is -2.15. The van der Waals surface area contributed by atoms with Crippen LogP contribution in [0.5, 0.6) is 0 Å². The van der Waals surface area contributed by atoms with Crippen molar-refractivity contribution in [2.45, 2.75) is 69.9 Å². The van der Waals surface area contributed by atoms with E-state index in [4.69, 9.17) is 28.9 Å². The van der Waals surface area contributed by atoms with Crippen LogP contribution in [0.1, 0.15) is 69.4 Å². The standard InChI is InChI=1S/C27H32Cl2FN3O2/c1-4-33-24(25(31)35)21(18-6-5-7-19(29)23(18)30)22(27(33)12-10-26(2,3)11-13-27)17-9-8-16(28)14-20(17)32-15-34/h5-9,14-15,21-22,24H,4,10-13H2,1-3H3,(H2,31,35)(H,32,34)/t21-,22?,24?/m1/s1. The molecule has 0 bridgehead atoms. The van der Waals surface area contributed by atoms with E-state index in [2.05, 4.69) is 24.1 Å². The summed E-state index contributed by atoms with van der Waals surface area (Å²) in [6, 6.07) is 9.51. The van der Waals surface area contributed by atoms with E-state index in [-0.39, 0.29) is 16.4 Å². The first kappa shape index (κ1) is 25.9. The summed E-state index contributed by atoms with van der Waals surface area (Å²) < 4.78 is 15.6. The molecule has 1 spiro atoms. The summed E-state index contributed by atoms with van der Waals surface area (Å²) in [5.74, 6) is -1.97. The molecule has 1 aliphatic heterocycles. The Morgan fingerprint density at radius 2 is 1.86 bits per heavy atom. The van der Waals surface area contributed by atoms with Crippen LogP contribution in [0.15, 0.2) is 36.4 Å². The first-order valence-corrected chi connectivity index (χ1v) is 12.8. The largest absolute Gasteiger partial charge is 0.368 e. The fourth-order valence-corrected chi connectivity index (χ4v) is 6.92. The van der Waals surface area contributed by atoms with Crippen molar-refractivity contribution in [1.29, 1.82) is 0 Å². The average molecular weight is 520 g/mol. The van der Waals surface area contributed by atoms with Gasteiger partial charge in [-0.25, -0.2) is 4.39 Å². The van der Waals surface area contributed by atoms with Gasteiger partial charge in [-0.05, 0) is 67.0 Å². The van der Waals surface area contributed by atoms with Crippen molar-refractivity contribution in [2.24, 2.45) is 11.1 Å². The molecule has 1 saturated heterocycles. The Morgan fingerprint density at radius 1 is 1.17 bits per heavy atom. The molecule has 4 rings (SSSR count). The number of carbonyl (C=O) groups excluding carboxylic acids is 2. The van der Waals surface area contributed by atoms with Gasteiger partial charge in [-0.3, -0.25) is 14.5 Å². The normalized spacial score (nSPS) is 25.5. The zero-order valence-corrected chi connectivity index (χ0v) is 21.8. The van der Waals surface area contributed by atoms with E-state index in [1.165, 1.54) is 6.07 Å². The number of hydrogen-bond donors (Lipinski definition) is 2. The maximum Gasteiger partial charge on any atom is 0.235 e. The Labute approximate surface area is 216 Å². The molecule has 3 N–H and O–H groups in total. The van der Waals surface area contributed by atoms with Crippen LogP contribution in [-0.4, -0.2) is 35.3 Å². The van der Waals surface area contributed by atoms with Crippen LogP contribution in [0.4, 0.5) is 10.1 Å². The van der Waals surface area contributed by atoms with Gasteiger partial charge in [0, 0.05) is 28.1 Å². The van der Waals surface area contributed by atoms with Crippen LogP contribution in [0.3, 0.4) is 0 Å². The van der Waals surface area contributed by atoms with Gasteiger partial charge < -0.3 is 11.1 Å². The minimum absolute atomic E-state index is 0.000549. The van der Waals surface area contributed by atoms with E-state index in [1.807, 2.05) is 13.0 Å². The number of rotatable bonds is 6. The first-order chi connectivity index (χ1) is 16.6. The molecule has 1 heterocycles. The Kier molecular flexibility index (Phi) is 7.20. The van der Waals surface area contributed by atoms with Crippen LogP contribution in [0.25, 0.3) is 0 Å². The van der Waals surface area contributed by atoms with Gasteiger partial charge in [0.2, 0.25) is 12.3 Å². The molecule has 2 unspecified atom stereocenters. The molecule has 0 radical (unpaired) electrons. The second kappa shape index (κ2) is 9.72. The molecule has 2 aromatic rings. The Morgan fingerprint density at radius 3 is 2.46 bits per heavy atom. The lowest BCUT2D eigenvalue weighted by Crippen LogP contribution is -2.55. The number of hydrogen-bond acceptors (Lipinski definition) is 3. The average Bonchev–Trinajstić information content (AvgIpc) is 3.08. The second-order valence-electron chi connectivity index (χ2n) is 10.5. The highest BCUT2D eigenvalue weighted by molar-refractivity contribution is 6.31. The topological polar surface area (TPSA) is 75.4 Å². The summed E-state index contributed by atoms with van der Waals surface area (Å²) in [5, 5.41) is 3.26. The third kappa shape index (κ3) is 4.45. The van der Waals surface area contributed by atoms with E-state index < -0.39 is 29.2 Å². The number of anilines is 1. The van der Waals surface area contributed by atoms with Crippen molar-refractivity contribution >= 4 is 41.2 Å². The maximum absolute atomic E-state index is 15.6. The van der Waals surface area contributed by atoms with Gasteiger partial charge in [0.15, 0.2) is 0 Å². The smallest absolute Gasteiger partial charge is 0.235 e. The van der Waals surface area contributed by atoms with Crippen LogP contribution >= 0.6 is 23.2 Å². The van der Waals surface area contributed by atoms with E-state index in [0.29, 0.717) is 29.2 Å². The minimum atomic E-state index is -0.737. The van der Waals surface area contributed by atoms with Crippen molar-refractivity contribution in [1.82, 2.24) is 4.90 Å². The number of likely N-dealkylation sites (N-methyl/N-ethyl adjacent to an activating group) is 1. The number of likely N-dealkylation sites (tertiary alicyclic amines) is 1. The minimum Gasteiger partial charge on any atom is -0.368 e. The zero-order chi connectivity index (χ0) is 25.5. The predicted octanol–water partition coefficient (Wildman–Crippen LogP) is 6.10. The van der Waals surface area contributed by atoms with E-state index in [0.717, 1.165) is 31.2 Å². The fraction of sp³-hybridized carbons (Fsp3) is 0.481. The molecule has 2 aromatic carbocycles. The molecule has 35 heavy (non-hydrogen) atoms. The van der Waals surface area contributed by atoms with E-state index in [1.54, 1.807) is 24.3 Å². The lowest BCUT2D eigenvalue weighted by molar-refractivity contribution is -0.124. The van der Waals surface area contributed by atoms with Crippen molar-refractivity contribution in [3.8, 4) is 0 Å². The number of benzene rings is 2. The summed E-state index contributed by atoms with van der Waals surface area (Å²) >= 11 is 12.5. The lowest BCUT2D eigenvalue weighted by Gasteiger charge is -2.50. The molecule has 8 heteroatoms. The molecule has 2 fully saturated rings. The van der Waals surface area contributed by atoms with Crippen LogP contribution in [0.2, 0.25) is 10.0 Å². The maximum atomic E-state index is 15.6. The molecule has 0 aromatic heterocycles. The van der Waals surface area contributed by atoms with Crippen LogP contribution in [0, 0.1) is 11.2 Å². The molecular formula is C27H32Cl2FN3O2. The van der Waals surface area contributed by atoms with Gasteiger partial charge in [-0.1, -0.05) is 62.2 Å². The van der Waals surface area contributed by atoms with Gasteiger partial charge >= 0.3 is 0 Å². The molecule has 1 aliphatic carbocycles. The molecule has 2 amide bonds. The number of nitrogens with one attached hydrogen (secondary N) is 1. The highest BCUT2D eigenvalue weighted by Gasteiger charge is 2.62. The summed E-state index contributed by atoms with van der Waals surface area (Å²) in [4.78, 5) is 26.8. The molecule has 2 aliphatic rings. The van der Waals surface area contributed by atoms with Gasteiger partial charge in [-0.15, -0.1) is 0 Å². The van der Waals surface area contributed by atoms with Crippen molar-refractivity contribution in [3.63, 3.8) is 0 Å². The lowest BCUT2D eigenvalue weighted by atomic mass is 9.61. The zero-order valence-electron chi connectivity index (χ0n) is 20.3. The molecule has 1 saturated carbocycles. The summed E-state index contributed by atoms with van der Waals surface area (Å²) in [6.45, 7) is 7.09. The Bertz CT molecular complexity index is 1130. The highest BCUT2D eigenvalue weighted by Crippen LogP contribution is 2.62. The second-order valence-corrected chi connectivity index (χ2v) is 11.4. The van der Waals surface area contributed by atoms with E-state index in [9.17, 15) is 9.59 Å². The van der Waals surface area contributed by atoms with Crippen molar-refractivity contribution in [2.75, 3.05) is 11.9 Å². The third-order valence-corrected chi connectivity index (χ3v) is 8.72. The SMILES string of the molecule is CCN1C(C(N)=O)[C@H](c2cccc(Cl)c2F)C(c2ccc(Cl)cc2NC=O)C12CCC(C)(C)CC2. The summed E-state index contributed by atoms with van der Waals surface area (Å²) in [7, 11) is 0. The number of nitrogens with zero attached hydrogens (tertiary/aromatic N) is 1. The van der Waals surface area contributed by atoms with Crippen molar-refractivity contribution in [3.05, 3.63) is 63.4 Å². The monoisotopic (exact) mass is 519 g/mol. The van der Waals surface area contributed by atoms with Gasteiger partial charge in [0.25, 0.3) is 0 Å². The number of primary amides is 1. The van der Waals surface area contributed by atoms with E-state index >= 15 is 4.39 Å². The molecule has 3 atom stereocenters. The quantitative estimate of drug-likeness (QED) is 0.453. The van der Waals surface area contributed by atoms with Gasteiger partial charge in [-0.2, -0.15) is 0 Å². The summed E-state index contributed by atoms with van der Waals surface area (Å²) in [6.07, 6.45) is 4.12. The molecule has 5 nitrogen and oxygen atoms in total. The predicted molar refractivity (Wildman–Crippen MR) is 138 cm³/mol. The van der Waals surface area contributed by atoms with Gasteiger partial charge in [0.1, 0.15) is 5.82 Å². The van der Waals surface area contributed by atoms with Crippen molar-refractivity contribution < 1.29 is 14.0 Å². The molecular weight excluding hydrogens is 488 g/mol. The molecule has 188 valence electrons.